The molecule has 0 saturated heterocycles. The van der Waals surface area contributed by atoms with Crippen molar-refractivity contribution in [2.75, 3.05) is 11.1 Å². The molecule has 1 amide bonds. The fraction of sp³-hybridized carbons (Fsp3) is 0.375. The first-order chi connectivity index (χ1) is 11.7. The fourth-order valence-electron chi connectivity index (χ4n) is 2.15. The summed E-state index contributed by atoms with van der Waals surface area (Å²) < 4.78 is 23.9. The van der Waals surface area contributed by atoms with E-state index in [4.69, 9.17) is 23.2 Å². The molecule has 5 nitrogen and oxygen atoms in total. The lowest BCUT2D eigenvalue weighted by Crippen LogP contribution is -2.33. The number of thiazole rings is 1. The third kappa shape index (κ3) is 5.17. The number of sulfone groups is 1. The van der Waals surface area contributed by atoms with Crippen LogP contribution in [0, 0.1) is 0 Å². The number of carbonyl (C=O) groups excluding carboxylic acids is 1. The number of amides is 1. The molecule has 0 aliphatic rings. The van der Waals surface area contributed by atoms with Crippen molar-refractivity contribution in [3.63, 3.8) is 0 Å². The molecule has 1 atom stereocenters. The second-order valence-electron chi connectivity index (χ2n) is 5.52. The van der Waals surface area contributed by atoms with Crippen molar-refractivity contribution in [2.24, 2.45) is 0 Å². The van der Waals surface area contributed by atoms with Crippen LogP contribution in [0.4, 0.5) is 5.13 Å². The molecule has 136 valence electrons. The van der Waals surface area contributed by atoms with Gasteiger partial charge in [0.05, 0.1) is 15.8 Å². The number of anilines is 1. The third-order valence-corrected chi connectivity index (χ3v) is 7.62. The van der Waals surface area contributed by atoms with Crippen LogP contribution in [0.3, 0.4) is 0 Å². The Morgan fingerprint density at radius 3 is 2.76 bits per heavy atom. The van der Waals surface area contributed by atoms with Crippen molar-refractivity contribution in [3.05, 3.63) is 44.9 Å². The minimum Gasteiger partial charge on any atom is -0.301 e. The first-order valence-electron chi connectivity index (χ1n) is 7.64. The fourth-order valence-corrected chi connectivity index (χ4v) is 4.68. The van der Waals surface area contributed by atoms with Gasteiger partial charge in [-0.2, -0.15) is 0 Å². The molecule has 0 bridgehead atoms. The summed E-state index contributed by atoms with van der Waals surface area (Å²) in [6, 6.07) is 5.39. The van der Waals surface area contributed by atoms with E-state index in [1.807, 2.05) is 12.1 Å². The standard InChI is InChI=1S/C16H18Cl2N2O3S2/c1-3-7-25(22,23)10(2)15(21)20-16-19-9-12(24-16)8-11-5-4-6-13(17)14(11)18/h4-6,9-10H,3,7-8H2,1-2H3,(H,19,20,21). The quantitative estimate of drug-likeness (QED) is 0.727. The van der Waals surface area contributed by atoms with Crippen molar-refractivity contribution in [2.45, 2.75) is 31.9 Å². The maximum absolute atomic E-state index is 12.1. The highest BCUT2D eigenvalue weighted by molar-refractivity contribution is 7.92. The van der Waals surface area contributed by atoms with Gasteiger partial charge in [0.2, 0.25) is 5.91 Å². The Bertz CT molecular complexity index is 866. The van der Waals surface area contributed by atoms with Crippen LogP contribution in [0.15, 0.2) is 24.4 Å². The van der Waals surface area contributed by atoms with E-state index in [1.54, 1.807) is 19.2 Å². The first kappa shape index (κ1) is 20.2. The minimum atomic E-state index is -3.45. The minimum absolute atomic E-state index is 0.0159. The summed E-state index contributed by atoms with van der Waals surface area (Å²) in [5.41, 5.74) is 0.856. The van der Waals surface area contributed by atoms with Gasteiger partial charge in [-0.15, -0.1) is 11.3 Å². The predicted molar refractivity (Wildman–Crippen MR) is 104 cm³/mol. The van der Waals surface area contributed by atoms with Crippen LogP contribution in [0.5, 0.6) is 0 Å². The van der Waals surface area contributed by atoms with Gasteiger partial charge in [0.15, 0.2) is 15.0 Å². The Labute approximate surface area is 161 Å². The van der Waals surface area contributed by atoms with Gasteiger partial charge in [0.25, 0.3) is 0 Å². The average Bonchev–Trinajstić information content (AvgIpc) is 2.98. The van der Waals surface area contributed by atoms with Gasteiger partial charge in [-0.05, 0) is 25.0 Å². The van der Waals surface area contributed by atoms with Gasteiger partial charge in [-0.1, -0.05) is 42.3 Å². The second kappa shape index (κ2) is 8.49. The molecular weight excluding hydrogens is 403 g/mol. The molecule has 0 aliphatic heterocycles. The summed E-state index contributed by atoms with van der Waals surface area (Å²) in [6.45, 7) is 3.15. The number of aromatic nitrogens is 1. The van der Waals surface area contributed by atoms with Crippen LogP contribution >= 0.6 is 34.5 Å². The zero-order valence-electron chi connectivity index (χ0n) is 13.8. The van der Waals surface area contributed by atoms with Crippen LogP contribution in [0.1, 0.15) is 30.7 Å². The number of hydrogen-bond donors (Lipinski definition) is 1. The monoisotopic (exact) mass is 420 g/mol. The van der Waals surface area contributed by atoms with Crippen molar-refractivity contribution < 1.29 is 13.2 Å². The van der Waals surface area contributed by atoms with Crippen LogP contribution in [-0.2, 0) is 21.1 Å². The zero-order chi connectivity index (χ0) is 18.6. The Kier molecular flexibility index (Phi) is 6.85. The third-order valence-electron chi connectivity index (χ3n) is 3.58. The van der Waals surface area contributed by atoms with E-state index in [0.717, 1.165) is 10.4 Å². The maximum Gasteiger partial charge on any atom is 0.244 e. The first-order valence-corrected chi connectivity index (χ1v) is 10.9. The molecule has 0 fully saturated rings. The Morgan fingerprint density at radius 1 is 1.36 bits per heavy atom. The molecule has 0 spiro atoms. The largest absolute Gasteiger partial charge is 0.301 e. The highest BCUT2D eigenvalue weighted by Crippen LogP contribution is 2.29. The molecular formula is C16H18Cl2N2O3S2. The summed E-state index contributed by atoms with van der Waals surface area (Å²) >= 11 is 13.4. The van der Waals surface area contributed by atoms with Gasteiger partial charge in [0, 0.05) is 17.5 Å². The molecule has 1 N–H and O–H groups in total. The average molecular weight is 421 g/mol. The van der Waals surface area contributed by atoms with Crippen molar-refractivity contribution in [3.8, 4) is 0 Å². The van der Waals surface area contributed by atoms with Gasteiger partial charge >= 0.3 is 0 Å². The lowest BCUT2D eigenvalue weighted by atomic mass is 10.1. The molecule has 25 heavy (non-hydrogen) atoms. The SMILES string of the molecule is CCCS(=O)(=O)C(C)C(=O)Nc1ncc(Cc2cccc(Cl)c2Cl)s1. The van der Waals surface area contributed by atoms with Gasteiger partial charge < -0.3 is 5.32 Å². The van der Waals surface area contributed by atoms with E-state index in [9.17, 15) is 13.2 Å². The van der Waals surface area contributed by atoms with Gasteiger partial charge in [-0.25, -0.2) is 13.4 Å². The Hall–Kier alpha value is -1.15. The van der Waals surface area contributed by atoms with Gasteiger partial charge in [0.1, 0.15) is 5.25 Å². The van der Waals surface area contributed by atoms with Crippen LogP contribution in [-0.4, -0.2) is 30.3 Å². The number of nitrogens with zero attached hydrogens (tertiary/aromatic N) is 1. The topological polar surface area (TPSA) is 76.1 Å². The van der Waals surface area contributed by atoms with E-state index in [1.165, 1.54) is 18.3 Å². The molecule has 2 rings (SSSR count). The molecule has 2 aromatic rings. The number of halogens is 2. The number of benzene rings is 1. The smallest absolute Gasteiger partial charge is 0.244 e. The Balaban J connectivity index is 2.06. The van der Waals surface area contributed by atoms with Crippen LogP contribution < -0.4 is 5.32 Å². The Morgan fingerprint density at radius 2 is 2.08 bits per heavy atom. The van der Waals surface area contributed by atoms with Crippen LogP contribution in [0.25, 0.3) is 0 Å². The highest BCUT2D eigenvalue weighted by atomic mass is 35.5. The van der Waals surface area contributed by atoms with E-state index in [2.05, 4.69) is 10.3 Å². The molecule has 0 aliphatic carbocycles. The summed E-state index contributed by atoms with van der Waals surface area (Å²) in [7, 11) is -3.45. The molecule has 1 aromatic carbocycles. The van der Waals surface area contributed by atoms with Crippen LogP contribution in [0.2, 0.25) is 10.0 Å². The summed E-state index contributed by atoms with van der Waals surface area (Å²) in [6.07, 6.45) is 2.63. The van der Waals surface area contributed by atoms with Crippen molar-refractivity contribution in [1.82, 2.24) is 4.98 Å². The number of hydrogen-bond acceptors (Lipinski definition) is 5. The molecule has 1 aromatic heterocycles. The molecule has 0 radical (unpaired) electrons. The maximum atomic E-state index is 12.1. The number of nitrogens with one attached hydrogen (secondary N) is 1. The van der Waals surface area contributed by atoms with E-state index in [-0.39, 0.29) is 5.75 Å². The molecule has 1 heterocycles. The number of rotatable bonds is 7. The number of carbonyl (C=O) groups is 1. The molecule has 9 heteroatoms. The lowest BCUT2D eigenvalue weighted by Gasteiger charge is -2.11. The lowest BCUT2D eigenvalue weighted by molar-refractivity contribution is -0.115. The normalized spacial score (nSPS) is 12.8. The zero-order valence-corrected chi connectivity index (χ0v) is 16.9. The van der Waals surface area contributed by atoms with E-state index in [0.29, 0.717) is 28.0 Å². The second-order valence-corrected chi connectivity index (χ2v) is 9.86. The van der Waals surface area contributed by atoms with E-state index >= 15 is 0 Å². The predicted octanol–water partition coefficient (Wildman–Crippen LogP) is 4.19. The van der Waals surface area contributed by atoms with Crippen molar-refractivity contribution >= 4 is 55.4 Å². The summed E-state index contributed by atoms with van der Waals surface area (Å²) in [4.78, 5) is 17.1. The summed E-state index contributed by atoms with van der Waals surface area (Å²) in [5.74, 6) is -0.590. The summed E-state index contributed by atoms with van der Waals surface area (Å²) in [5, 5.41) is 2.78. The molecule has 1 unspecified atom stereocenters. The van der Waals surface area contributed by atoms with Gasteiger partial charge in [-0.3, -0.25) is 4.79 Å². The van der Waals surface area contributed by atoms with E-state index < -0.39 is 21.0 Å². The molecule has 0 saturated carbocycles. The highest BCUT2D eigenvalue weighted by Gasteiger charge is 2.27. The van der Waals surface area contributed by atoms with Crippen molar-refractivity contribution in [1.29, 1.82) is 0 Å².